The monoisotopic (exact) mass is 365 g/mol. The Hall–Kier alpha value is -3.29. The van der Waals surface area contributed by atoms with Crippen molar-refractivity contribution in [3.8, 4) is 5.69 Å². The van der Waals surface area contributed by atoms with Gasteiger partial charge in [-0.2, -0.15) is 0 Å². The van der Waals surface area contributed by atoms with Gasteiger partial charge in [-0.15, -0.1) is 0 Å². The van der Waals surface area contributed by atoms with E-state index in [-0.39, 0.29) is 11.2 Å². The molecular formula is C19H19N5O3. The predicted octanol–water partition coefficient (Wildman–Crippen LogP) is 2.99. The first-order valence-electron chi connectivity index (χ1n) is 8.93. The summed E-state index contributed by atoms with van der Waals surface area (Å²) >= 11 is 0. The van der Waals surface area contributed by atoms with E-state index in [1.165, 1.54) is 23.1 Å². The van der Waals surface area contributed by atoms with Crippen LogP contribution in [0.2, 0.25) is 0 Å². The van der Waals surface area contributed by atoms with Crippen LogP contribution in [0.4, 0.5) is 11.6 Å². The van der Waals surface area contributed by atoms with Gasteiger partial charge in [0, 0.05) is 37.6 Å². The molecule has 0 radical (unpaired) electrons. The number of nitro groups is 1. The Labute approximate surface area is 155 Å². The SMILES string of the molecule is Cc1ccc([N+](=O)[O-])cc1-n1ccc2nc(N3CCCCC3)ncc2c1=O. The number of piperidine rings is 1. The number of anilines is 1. The van der Waals surface area contributed by atoms with E-state index in [2.05, 4.69) is 14.9 Å². The molecule has 1 saturated heterocycles. The summed E-state index contributed by atoms with van der Waals surface area (Å²) in [6.45, 7) is 3.66. The molecule has 3 heterocycles. The van der Waals surface area contributed by atoms with Crippen molar-refractivity contribution >= 4 is 22.5 Å². The first-order chi connectivity index (χ1) is 13.0. The summed E-state index contributed by atoms with van der Waals surface area (Å²) < 4.78 is 1.41. The van der Waals surface area contributed by atoms with E-state index in [0.29, 0.717) is 22.5 Å². The molecule has 0 saturated carbocycles. The fraction of sp³-hybridized carbons (Fsp3) is 0.316. The van der Waals surface area contributed by atoms with Gasteiger partial charge in [0.2, 0.25) is 5.95 Å². The Morgan fingerprint density at radius 2 is 1.93 bits per heavy atom. The average Bonchev–Trinajstić information content (AvgIpc) is 2.69. The summed E-state index contributed by atoms with van der Waals surface area (Å²) in [5.74, 6) is 0.644. The predicted molar refractivity (Wildman–Crippen MR) is 103 cm³/mol. The van der Waals surface area contributed by atoms with E-state index in [9.17, 15) is 14.9 Å². The maximum Gasteiger partial charge on any atom is 0.271 e. The van der Waals surface area contributed by atoms with Crippen molar-refractivity contribution in [1.29, 1.82) is 0 Å². The normalized spacial score (nSPS) is 14.5. The summed E-state index contributed by atoms with van der Waals surface area (Å²) in [6.07, 6.45) is 6.63. The van der Waals surface area contributed by atoms with Crippen LogP contribution in [0.15, 0.2) is 41.5 Å². The van der Waals surface area contributed by atoms with E-state index < -0.39 is 4.92 Å². The standard InChI is InChI=1S/C19H19N5O3/c1-13-5-6-14(24(26)27)11-17(13)23-10-7-16-15(18(23)25)12-20-19(21-16)22-8-3-2-4-9-22/h5-7,10-12H,2-4,8-9H2,1H3. The van der Waals surface area contributed by atoms with E-state index in [4.69, 9.17) is 0 Å². The molecule has 2 aromatic heterocycles. The van der Waals surface area contributed by atoms with Gasteiger partial charge < -0.3 is 4.90 Å². The number of aromatic nitrogens is 3. The van der Waals surface area contributed by atoms with Crippen molar-refractivity contribution in [3.05, 3.63) is 62.7 Å². The van der Waals surface area contributed by atoms with Crippen LogP contribution in [0.1, 0.15) is 24.8 Å². The molecule has 8 nitrogen and oxygen atoms in total. The maximum absolute atomic E-state index is 12.9. The van der Waals surface area contributed by atoms with Gasteiger partial charge in [0.15, 0.2) is 0 Å². The second-order valence-electron chi connectivity index (χ2n) is 6.74. The highest BCUT2D eigenvalue weighted by atomic mass is 16.6. The second kappa shape index (κ2) is 6.79. The number of benzene rings is 1. The molecule has 4 rings (SSSR count). The number of rotatable bonds is 3. The average molecular weight is 365 g/mol. The topological polar surface area (TPSA) is 94.2 Å². The van der Waals surface area contributed by atoms with Crippen molar-refractivity contribution in [2.45, 2.75) is 26.2 Å². The zero-order valence-corrected chi connectivity index (χ0v) is 15.0. The summed E-state index contributed by atoms with van der Waals surface area (Å²) in [5, 5.41) is 11.5. The first-order valence-corrected chi connectivity index (χ1v) is 8.93. The van der Waals surface area contributed by atoms with Gasteiger partial charge in [0.25, 0.3) is 11.2 Å². The van der Waals surface area contributed by atoms with Crippen molar-refractivity contribution < 1.29 is 4.92 Å². The Morgan fingerprint density at radius 3 is 2.67 bits per heavy atom. The van der Waals surface area contributed by atoms with Gasteiger partial charge in [-0.1, -0.05) is 6.07 Å². The van der Waals surface area contributed by atoms with Crippen molar-refractivity contribution in [1.82, 2.24) is 14.5 Å². The molecule has 1 aliphatic heterocycles. The van der Waals surface area contributed by atoms with Crippen LogP contribution >= 0.6 is 0 Å². The highest BCUT2D eigenvalue weighted by Crippen LogP contribution is 2.22. The third-order valence-electron chi connectivity index (χ3n) is 4.94. The smallest absolute Gasteiger partial charge is 0.271 e. The van der Waals surface area contributed by atoms with Gasteiger partial charge in [0.05, 0.1) is 21.5 Å². The summed E-state index contributed by atoms with van der Waals surface area (Å²) in [6, 6.07) is 6.23. The second-order valence-corrected chi connectivity index (χ2v) is 6.74. The zero-order chi connectivity index (χ0) is 19.0. The van der Waals surface area contributed by atoms with Crippen LogP contribution in [0.25, 0.3) is 16.6 Å². The molecule has 0 aliphatic carbocycles. The Kier molecular flexibility index (Phi) is 4.31. The molecule has 1 fully saturated rings. The largest absolute Gasteiger partial charge is 0.341 e. The van der Waals surface area contributed by atoms with Crippen molar-refractivity contribution in [2.24, 2.45) is 0 Å². The summed E-state index contributed by atoms with van der Waals surface area (Å²) in [5.41, 5.74) is 1.49. The number of nitrogens with zero attached hydrogens (tertiary/aromatic N) is 5. The molecule has 0 amide bonds. The molecule has 138 valence electrons. The number of aryl methyl sites for hydroxylation is 1. The lowest BCUT2D eigenvalue weighted by molar-refractivity contribution is -0.384. The summed E-state index contributed by atoms with van der Waals surface area (Å²) in [4.78, 5) is 34.6. The number of hydrogen-bond acceptors (Lipinski definition) is 6. The van der Waals surface area contributed by atoms with Gasteiger partial charge >= 0.3 is 0 Å². The van der Waals surface area contributed by atoms with E-state index in [1.807, 2.05) is 6.92 Å². The van der Waals surface area contributed by atoms with Crippen LogP contribution < -0.4 is 10.5 Å². The van der Waals surface area contributed by atoms with E-state index in [1.54, 1.807) is 24.5 Å². The molecule has 0 unspecified atom stereocenters. The lowest BCUT2D eigenvalue weighted by Gasteiger charge is -2.26. The van der Waals surface area contributed by atoms with Crippen LogP contribution in [-0.4, -0.2) is 32.5 Å². The van der Waals surface area contributed by atoms with Crippen molar-refractivity contribution in [3.63, 3.8) is 0 Å². The number of non-ortho nitro benzene ring substituents is 1. The number of pyridine rings is 1. The minimum absolute atomic E-state index is 0.0562. The lowest BCUT2D eigenvalue weighted by atomic mass is 10.1. The number of hydrogen-bond donors (Lipinski definition) is 0. The van der Waals surface area contributed by atoms with Crippen LogP contribution in [-0.2, 0) is 0 Å². The molecule has 0 bridgehead atoms. The molecule has 0 spiro atoms. The van der Waals surface area contributed by atoms with Gasteiger partial charge in [-0.3, -0.25) is 19.5 Å². The highest BCUT2D eigenvalue weighted by molar-refractivity contribution is 5.78. The van der Waals surface area contributed by atoms with Gasteiger partial charge in [-0.05, 0) is 37.8 Å². The molecule has 0 atom stereocenters. The molecule has 1 aliphatic rings. The first kappa shape index (κ1) is 17.1. The number of fused-ring (bicyclic) bond motifs is 1. The maximum atomic E-state index is 12.9. The lowest BCUT2D eigenvalue weighted by Crippen LogP contribution is -2.31. The van der Waals surface area contributed by atoms with Crippen LogP contribution in [0.5, 0.6) is 0 Å². The minimum Gasteiger partial charge on any atom is -0.341 e. The van der Waals surface area contributed by atoms with Crippen LogP contribution in [0, 0.1) is 17.0 Å². The zero-order valence-electron chi connectivity index (χ0n) is 15.0. The molecule has 3 aromatic rings. The Bertz CT molecular complexity index is 1090. The van der Waals surface area contributed by atoms with Gasteiger partial charge in [-0.25, -0.2) is 9.97 Å². The molecular weight excluding hydrogens is 346 g/mol. The molecule has 27 heavy (non-hydrogen) atoms. The Balaban J connectivity index is 1.80. The number of nitro benzene ring substituents is 1. The third kappa shape index (κ3) is 3.14. The molecule has 1 aromatic carbocycles. The highest BCUT2D eigenvalue weighted by Gasteiger charge is 2.16. The quantitative estimate of drug-likeness (QED) is 0.523. The minimum atomic E-state index is -0.469. The fourth-order valence-electron chi connectivity index (χ4n) is 3.43. The third-order valence-corrected chi connectivity index (χ3v) is 4.94. The Morgan fingerprint density at radius 1 is 1.15 bits per heavy atom. The van der Waals surface area contributed by atoms with E-state index in [0.717, 1.165) is 31.5 Å². The van der Waals surface area contributed by atoms with Crippen molar-refractivity contribution in [2.75, 3.05) is 18.0 Å². The summed E-state index contributed by atoms with van der Waals surface area (Å²) in [7, 11) is 0. The van der Waals surface area contributed by atoms with E-state index >= 15 is 0 Å². The fourth-order valence-corrected chi connectivity index (χ4v) is 3.43. The van der Waals surface area contributed by atoms with Crippen LogP contribution in [0.3, 0.4) is 0 Å². The molecule has 0 N–H and O–H groups in total. The van der Waals surface area contributed by atoms with Gasteiger partial charge in [0.1, 0.15) is 0 Å². The molecule has 8 heteroatoms.